The van der Waals surface area contributed by atoms with Crippen molar-refractivity contribution in [1.82, 2.24) is 29.9 Å². The molecule has 0 atom stereocenters. The van der Waals surface area contributed by atoms with E-state index in [2.05, 4.69) is 80.4 Å². The maximum absolute atomic E-state index is 13.5. The molecule has 2 fully saturated rings. The van der Waals surface area contributed by atoms with Gasteiger partial charge in [0.2, 0.25) is 0 Å². The number of anilines is 1. The van der Waals surface area contributed by atoms with E-state index in [1.54, 1.807) is 12.3 Å². The fourth-order valence-corrected chi connectivity index (χ4v) is 6.11. The third-order valence-corrected chi connectivity index (χ3v) is 8.79. The van der Waals surface area contributed by atoms with Gasteiger partial charge in [-0.15, -0.1) is 0 Å². The fourth-order valence-electron chi connectivity index (χ4n) is 6.11. The molecule has 3 aromatic rings. The Balaban J connectivity index is 1.20. The first-order valence-corrected chi connectivity index (χ1v) is 15.5. The number of nitrogens with one attached hydrogen (secondary N) is 1. The number of fused-ring (bicyclic) bond motifs is 1. The predicted molar refractivity (Wildman–Crippen MR) is 172 cm³/mol. The number of aromatic nitrogens is 3. The summed E-state index contributed by atoms with van der Waals surface area (Å²) < 4.78 is 7.53. The summed E-state index contributed by atoms with van der Waals surface area (Å²) in [5.74, 6) is 0.767. The van der Waals surface area contributed by atoms with Crippen LogP contribution in [0.3, 0.4) is 0 Å². The molecule has 226 valence electrons. The van der Waals surface area contributed by atoms with Crippen molar-refractivity contribution >= 4 is 23.9 Å². The monoisotopic (exact) mass is 581 g/mol. The topological polar surface area (TPSA) is 78.8 Å². The largest absolute Gasteiger partial charge is 0.379 e. The number of pyridine rings is 1. The Morgan fingerprint density at radius 2 is 1.84 bits per heavy atom. The number of benzene rings is 1. The molecule has 9 nitrogen and oxygen atoms in total. The number of carbonyl (C=O) groups is 1. The molecule has 1 aromatic carbocycles. The van der Waals surface area contributed by atoms with Crippen molar-refractivity contribution in [1.29, 1.82) is 0 Å². The van der Waals surface area contributed by atoms with Crippen molar-refractivity contribution in [3.05, 3.63) is 76.9 Å². The highest BCUT2D eigenvalue weighted by atomic mass is 16.5. The van der Waals surface area contributed by atoms with Crippen LogP contribution in [0.2, 0.25) is 0 Å². The molecular formula is C34H43N7O2. The van der Waals surface area contributed by atoms with Crippen molar-refractivity contribution in [2.24, 2.45) is 7.05 Å². The smallest absolute Gasteiger partial charge is 0.255 e. The fraction of sp³-hybridized carbons (Fsp3) is 0.441. The van der Waals surface area contributed by atoms with Crippen LogP contribution in [-0.4, -0.2) is 89.0 Å². The zero-order valence-electron chi connectivity index (χ0n) is 25.6. The Morgan fingerprint density at radius 1 is 1.02 bits per heavy atom. The van der Waals surface area contributed by atoms with Gasteiger partial charge in [0, 0.05) is 81.9 Å². The van der Waals surface area contributed by atoms with E-state index in [4.69, 9.17) is 4.74 Å². The van der Waals surface area contributed by atoms with Crippen LogP contribution in [0, 0.1) is 0 Å². The second-order valence-electron chi connectivity index (χ2n) is 11.9. The molecule has 9 heteroatoms. The number of piperazine rings is 1. The van der Waals surface area contributed by atoms with Gasteiger partial charge < -0.3 is 15.0 Å². The lowest BCUT2D eigenvalue weighted by Crippen LogP contribution is -2.49. The molecular weight excluding hydrogens is 538 g/mol. The highest BCUT2D eigenvalue weighted by molar-refractivity contribution is 5.96. The minimum absolute atomic E-state index is 0.0990. The van der Waals surface area contributed by atoms with Gasteiger partial charge in [0.15, 0.2) is 0 Å². The predicted octanol–water partition coefficient (Wildman–Crippen LogP) is 4.42. The Kier molecular flexibility index (Phi) is 9.02. The highest BCUT2D eigenvalue weighted by Crippen LogP contribution is 2.30. The number of ether oxygens (including phenoxy) is 1. The van der Waals surface area contributed by atoms with Gasteiger partial charge in [0.1, 0.15) is 5.82 Å². The zero-order chi connectivity index (χ0) is 29.8. The Hall–Kier alpha value is -3.79. The molecule has 0 bridgehead atoms. The van der Waals surface area contributed by atoms with E-state index >= 15 is 0 Å². The number of hydrogen-bond acceptors (Lipinski definition) is 7. The highest BCUT2D eigenvalue weighted by Gasteiger charge is 2.21. The minimum atomic E-state index is -0.0990. The standard InChI is InChI=1S/C34H43N7O2/c1-25(2)40-12-14-41(15-13-40)33-22-28(10-11-35-33)34(42)37-30-7-5-4-6-26-8-9-27(20-29(26)21-30)31-23-36-38(3)32(31)24-39-16-18-43-19-17-39/h4,6,8-11,20-23,25H,5,7,12-19,24H2,1-3H3,(H,37,42). The summed E-state index contributed by atoms with van der Waals surface area (Å²) in [5, 5.41) is 7.83. The summed E-state index contributed by atoms with van der Waals surface area (Å²) in [6.07, 6.45) is 11.8. The molecule has 0 spiro atoms. The molecule has 6 rings (SSSR count). The zero-order valence-corrected chi connectivity index (χ0v) is 25.6. The Bertz CT molecular complexity index is 1490. The van der Waals surface area contributed by atoms with Gasteiger partial charge in [-0.25, -0.2) is 4.98 Å². The summed E-state index contributed by atoms with van der Waals surface area (Å²) in [6, 6.07) is 10.8. The van der Waals surface area contributed by atoms with E-state index < -0.39 is 0 Å². The quantitative estimate of drug-likeness (QED) is 0.443. The Labute approximate surface area is 254 Å². The Morgan fingerprint density at radius 3 is 2.63 bits per heavy atom. The van der Waals surface area contributed by atoms with Crippen LogP contribution in [0.5, 0.6) is 0 Å². The number of rotatable bonds is 7. The number of allylic oxidation sites excluding steroid dienone is 2. The third kappa shape index (κ3) is 6.90. The molecule has 1 N–H and O–H groups in total. The van der Waals surface area contributed by atoms with Gasteiger partial charge >= 0.3 is 0 Å². The number of hydrogen-bond donors (Lipinski definition) is 1. The summed E-state index contributed by atoms with van der Waals surface area (Å²) in [5.41, 5.74) is 7.23. The summed E-state index contributed by atoms with van der Waals surface area (Å²) in [4.78, 5) is 25.2. The average Bonchev–Trinajstić information content (AvgIpc) is 3.38. The van der Waals surface area contributed by atoms with Crippen molar-refractivity contribution < 1.29 is 9.53 Å². The maximum Gasteiger partial charge on any atom is 0.255 e. The van der Waals surface area contributed by atoms with Crippen LogP contribution in [0.4, 0.5) is 5.82 Å². The SMILES string of the molecule is CC(C)N1CCN(c2cc(C(=O)NC3=Cc4cc(-c5cnn(C)c5CN5CCOCC5)ccc4C=CCC3)ccn2)CC1. The van der Waals surface area contributed by atoms with Crippen LogP contribution in [0.1, 0.15) is 53.9 Å². The van der Waals surface area contributed by atoms with E-state index in [-0.39, 0.29) is 5.91 Å². The molecule has 43 heavy (non-hydrogen) atoms. The van der Waals surface area contributed by atoms with Gasteiger partial charge in [0.05, 0.1) is 25.1 Å². The molecule has 2 aromatic heterocycles. The molecule has 1 aliphatic carbocycles. The van der Waals surface area contributed by atoms with E-state index in [1.807, 2.05) is 24.0 Å². The van der Waals surface area contributed by atoms with E-state index in [1.165, 1.54) is 5.69 Å². The lowest BCUT2D eigenvalue weighted by Gasteiger charge is -2.37. The number of aryl methyl sites for hydroxylation is 1. The molecule has 2 aliphatic heterocycles. The van der Waals surface area contributed by atoms with Crippen LogP contribution >= 0.6 is 0 Å². The van der Waals surface area contributed by atoms with Crippen molar-refractivity contribution in [2.45, 2.75) is 39.3 Å². The molecule has 2 saturated heterocycles. The molecule has 0 unspecified atom stereocenters. The molecule has 0 radical (unpaired) electrons. The van der Waals surface area contributed by atoms with Gasteiger partial charge in [-0.3, -0.25) is 19.3 Å². The lowest BCUT2D eigenvalue weighted by molar-refractivity contribution is 0.0332. The van der Waals surface area contributed by atoms with Crippen molar-refractivity contribution in [3.8, 4) is 11.1 Å². The molecule has 1 amide bonds. The number of amides is 1. The first kappa shape index (κ1) is 29.3. The number of nitrogens with zero attached hydrogens (tertiary/aromatic N) is 6. The first-order chi connectivity index (χ1) is 20.9. The van der Waals surface area contributed by atoms with Gasteiger partial charge in [-0.1, -0.05) is 24.3 Å². The molecule has 0 saturated carbocycles. The summed E-state index contributed by atoms with van der Waals surface area (Å²) in [6.45, 7) is 12.6. The maximum atomic E-state index is 13.5. The second kappa shape index (κ2) is 13.2. The van der Waals surface area contributed by atoms with Gasteiger partial charge in [-0.2, -0.15) is 5.10 Å². The summed E-state index contributed by atoms with van der Waals surface area (Å²) in [7, 11) is 2.01. The van der Waals surface area contributed by atoms with Crippen LogP contribution in [0.15, 0.2) is 54.5 Å². The van der Waals surface area contributed by atoms with Crippen molar-refractivity contribution in [3.63, 3.8) is 0 Å². The van der Waals surface area contributed by atoms with Crippen LogP contribution in [0.25, 0.3) is 23.3 Å². The second-order valence-corrected chi connectivity index (χ2v) is 11.9. The van der Waals surface area contributed by atoms with Gasteiger partial charge in [-0.05, 0) is 67.7 Å². The van der Waals surface area contributed by atoms with Gasteiger partial charge in [0.25, 0.3) is 5.91 Å². The van der Waals surface area contributed by atoms with E-state index in [0.717, 1.165) is 106 Å². The normalized spacial score (nSPS) is 18.2. The molecule has 4 heterocycles. The molecule has 3 aliphatic rings. The number of carbonyl (C=O) groups excluding carboxylic acids is 1. The van der Waals surface area contributed by atoms with Crippen LogP contribution < -0.4 is 10.2 Å². The lowest BCUT2D eigenvalue weighted by atomic mass is 9.96. The van der Waals surface area contributed by atoms with Crippen LogP contribution in [-0.2, 0) is 18.3 Å². The first-order valence-electron chi connectivity index (χ1n) is 15.5. The minimum Gasteiger partial charge on any atom is -0.379 e. The third-order valence-electron chi connectivity index (χ3n) is 8.79. The van der Waals surface area contributed by atoms with E-state index in [0.29, 0.717) is 11.6 Å². The number of morpholine rings is 1. The summed E-state index contributed by atoms with van der Waals surface area (Å²) >= 11 is 0. The van der Waals surface area contributed by atoms with Crippen molar-refractivity contribution in [2.75, 3.05) is 57.4 Å². The van der Waals surface area contributed by atoms with E-state index in [9.17, 15) is 4.79 Å². The average molecular weight is 582 g/mol.